The standard InChI is InChI=1S/C17H16ClN3O2/c18-13-8-4-5-9-14(13)19-17(23)20-15-10-11-21(16(15)22)12-6-2-1-3-7-12/h1-9,15H,10-11H2,(H2,19,20,23)/t15-/m1/s1. The van der Waals surface area contributed by atoms with Gasteiger partial charge in [0, 0.05) is 12.2 Å². The molecule has 0 unspecified atom stereocenters. The lowest BCUT2D eigenvalue weighted by molar-refractivity contribution is -0.118. The lowest BCUT2D eigenvalue weighted by Gasteiger charge is -2.17. The van der Waals surface area contributed by atoms with Crippen molar-refractivity contribution in [3.63, 3.8) is 0 Å². The van der Waals surface area contributed by atoms with Gasteiger partial charge in [-0.1, -0.05) is 41.9 Å². The van der Waals surface area contributed by atoms with Gasteiger partial charge in [-0.3, -0.25) is 4.79 Å². The van der Waals surface area contributed by atoms with Crippen LogP contribution in [0, 0.1) is 0 Å². The molecule has 3 rings (SSSR count). The predicted octanol–water partition coefficient (Wildman–Crippen LogP) is 3.27. The van der Waals surface area contributed by atoms with E-state index in [1.165, 1.54) is 0 Å². The number of anilines is 2. The Morgan fingerprint density at radius 2 is 1.78 bits per heavy atom. The van der Waals surface area contributed by atoms with E-state index in [1.807, 2.05) is 30.3 Å². The molecular formula is C17H16ClN3O2. The summed E-state index contributed by atoms with van der Waals surface area (Å²) in [5.74, 6) is -0.106. The molecule has 1 aliphatic rings. The van der Waals surface area contributed by atoms with Gasteiger partial charge in [-0.25, -0.2) is 4.79 Å². The van der Waals surface area contributed by atoms with Gasteiger partial charge in [-0.2, -0.15) is 0 Å². The number of nitrogens with zero attached hydrogens (tertiary/aromatic N) is 1. The Bertz CT molecular complexity index is 721. The van der Waals surface area contributed by atoms with Crippen molar-refractivity contribution in [3.8, 4) is 0 Å². The smallest absolute Gasteiger partial charge is 0.319 e. The fraction of sp³-hybridized carbons (Fsp3) is 0.176. The lowest BCUT2D eigenvalue weighted by Crippen LogP contribution is -2.43. The van der Waals surface area contributed by atoms with E-state index in [0.717, 1.165) is 5.69 Å². The molecule has 0 bridgehead atoms. The highest BCUT2D eigenvalue weighted by atomic mass is 35.5. The topological polar surface area (TPSA) is 61.4 Å². The van der Waals surface area contributed by atoms with E-state index in [4.69, 9.17) is 11.6 Å². The second-order valence-corrected chi connectivity index (χ2v) is 5.65. The number of para-hydroxylation sites is 2. The van der Waals surface area contributed by atoms with Crippen molar-refractivity contribution in [1.29, 1.82) is 0 Å². The van der Waals surface area contributed by atoms with Crippen molar-refractivity contribution in [1.82, 2.24) is 5.32 Å². The Hall–Kier alpha value is -2.53. The summed E-state index contributed by atoms with van der Waals surface area (Å²) in [7, 11) is 0. The summed E-state index contributed by atoms with van der Waals surface area (Å²) >= 11 is 6.00. The molecule has 1 fully saturated rings. The molecule has 2 aromatic carbocycles. The molecule has 6 heteroatoms. The van der Waals surface area contributed by atoms with Gasteiger partial charge in [0.1, 0.15) is 6.04 Å². The Balaban J connectivity index is 1.62. The number of rotatable bonds is 3. The minimum absolute atomic E-state index is 0.106. The second kappa shape index (κ2) is 6.71. The maximum atomic E-state index is 12.4. The summed E-state index contributed by atoms with van der Waals surface area (Å²) in [6, 6.07) is 15.4. The van der Waals surface area contributed by atoms with E-state index in [1.54, 1.807) is 29.2 Å². The monoisotopic (exact) mass is 329 g/mol. The maximum absolute atomic E-state index is 12.4. The zero-order valence-corrected chi connectivity index (χ0v) is 13.1. The third kappa shape index (κ3) is 3.46. The number of hydrogen-bond donors (Lipinski definition) is 2. The van der Waals surface area contributed by atoms with Gasteiger partial charge in [0.2, 0.25) is 5.91 Å². The van der Waals surface area contributed by atoms with Crippen LogP contribution in [-0.4, -0.2) is 24.5 Å². The molecule has 1 aliphatic heterocycles. The molecule has 0 radical (unpaired) electrons. The fourth-order valence-electron chi connectivity index (χ4n) is 2.56. The average Bonchev–Trinajstić information content (AvgIpc) is 2.91. The highest BCUT2D eigenvalue weighted by molar-refractivity contribution is 6.33. The number of urea groups is 1. The minimum Gasteiger partial charge on any atom is -0.326 e. The van der Waals surface area contributed by atoms with Crippen LogP contribution < -0.4 is 15.5 Å². The van der Waals surface area contributed by atoms with Crippen LogP contribution >= 0.6 is 11.6 Å². The minimum atomic E-state index is -0.530. The highest BCUT2D eigenvalue weighted by Gasteiger charge is 2.33. The molecule has 0 aromatic heterocycles. The summed E-state index contributed by atoms with van der Waals surface area (Å²) in [5.41, 5.74) is 1.35. The molecule has 0 spiro atoms. The van der Waals surface area contributed by atoms with Crippen molar-refractivity contribution in [2.24, 2.45) is 0 Å². The molecule has 3 amide bonds. The summed E-state index contributed by atoms with van der Waals surface area (Å²) in [5, 5.41) is 5.81. The number of halogens is 1. The normalized spacial score (nSPS) is 17.2. The molecule has 2 aromatic rings. The van der Waals surface area contributed by atoms with Crippen molar-refractivity contribution < 1.29 is 9.59 Å². The summed E-state index contributed by atoms with van der Waals surface area (Å²) in [4.78, 5) is 26.2. The number of nitrogens with one attached hydrogen (secondary N) is 2. The molecule has 1 atom stereocenters. The van der Waals surface area contributed by atoms with E-state index >= 15 is 0 Å². The quantitative estimate of drug-likeness (QED) is 0.908. The maximum Gasteiger partial charge on any atom is 0.319 e. The van der Waals surface area contributed by atoms with Crippen LogP contribution in [0.15, 0.2) is 54.6 Å². The van der Waals surface area contributed by atoms with E-state index in [9.17, 15) is 9.59 Å². The number of carbonyl (C=O) groups excluding carboxylic acids is 2. The first-order valence-electron chi connectivity index (χ1n) is 7.33. The van der Waals surface area contributed by atoms with Gasteiger partial charge in [-0.05, 0) is 30.7 Å². The van der Waals surface area contributed by atoms with Gasteiger partial charge in [0.25, 0.3) is 0 Å². The molecule has 1 heterocycles. The first kappa shape index (κ1) is 15.4. The van der Waals surface area contributed by atoms with Crippen LogP contribution in [0.1, 0.15) is 6.42 Å². The van der Waals surface area contributed by atoms with Gasteiger partial charge >= 0.3 is 6.03 Å². The molecule has 5 nitrogen and oxygen atoms in total. The van der Waals surface area contributed by atoms with Crippen LogP contribution in [0.5, 0.6) is 0 Å². The molecular weight excluding hydrogens is 314 g/mol. The first-order valence-corrected chi connectivity index (χ1v) is 7.71. The highest BCUT2D eigenvalue weighted by Crippen LogP contribution is 2.22. The van der Waals surface area contributed by atoms with Crippen molar-refractivity contribution in [3.05, 3.63) is 59.6 Å². The SMILES string of the molecule is O=C(Nc1ccccc1Cl)N[C@@H]1CCN(c2ccccc2)C1=O. The molecule has 0 aliphatic carbocycles. The third-order valence-corrected chi connectivity index (χ3v) is 4.03. The van der Waals surface area contributed by atoms with Crippen LogP contribution in [0.4, 0.5) is 16.2 Å². The number of carbonyl (C=O) groups is 2. The van der Waals surface area contributed by atoms with Crippen molar-refractivity contribution in [2.75, 3.05) is 16.8 Å². The lowest BCUT2D eigenvalue weighted by atomic mass is 10.2. The van der Waals surface area contributed by atoms with E-state index in [2.05, 4.69) is 10.6 Å². The van der Waals surface area contributed by atoms with Crippen molar-refractivity contribution in [2.45, 2.75) is 12.5 Å². The largest absolute Gasteiger partial charge is 0.326 e. The van der Waals surface area contributed by atoms with Crippen LogP contribution in [0.3, 0.4) is 0 Å². The Morgan fingerprint density at radius 1 is 1.09 bits per heavy atom. The second-order valence-electron chi connectivity index (χ2n) is 5.24. The third-order valence-electron chi connectivity index (χ3n) is 3.70. The number of hydrogen-bond acceptors (Lipinski definition) is 2. The Morgan fingerprint density at radius 3 is 2.52 bits per heavy atom. The molecule has 1 saturated heterocycles. The average molecular weight is 330 g/mol. The van der Waals surface area contributed by atoms with Gasteiger partial charge < -0.3 is 15.5 Å². The van der Waals surface area contributed by atoms with Gasteiger partial charge in [0.15, 0.2) is 0 Å². The van der Waals surface area contributed by atoms with Gasteiger partial charge in [0.05, 0.1) is 10.7 Å². The first-order chi connectivity index (χ1) is 11.1. The molecule has 2 N–H and O–H groups in total. The molecule has 118 valence electrons. The van der Waals surface area contributed by atoms with Crippen molar-refractivity contribution >= 4 is 34.9 Å². The zero-order chi connectivity index (χ0) is 16.2. The predicted molar refractivity (Wildman–Crippen MR) is 90.8 cm³/mol. The van der Waals surface area contributed by atoms with Crippen LogP contribution in [0.2, 0.25) is 5.02 Å². The van der Waals surface area contributed by atoms with E-state index in [0.29, 0.717) is 23.7 Å². The van der Waals surface area contributed by atoms with Crippen LogP contribution in [0.25, 0.3) is 0 Å². The number of benzene rings is 2. The van der Waals surface area contributed by atoms with E-state index in [-0.39, 0.29) is 5.91 Å². The summed E-state index contributed by atoms with van der Waals surface area (Å²) in [6.45, 7) is 0.583. The molecule has 23 heavy (non-hydrogen) atoms. The van der Waals surface area contributed by atoms with Crippen LogP contribution in [-0.2, 0) is 4.79 Å². The molecule has 0 saturated carbocycles. The Kier molecular flexibility index (Phi) is 4.48. The zero-order valence-electron chi connectivity index (χ0n) is 12.3. The van der Waals surface area contributed by atoms with Gasteiger partial charge in [-0.15, -0.1) is 0 Å². The summed E-state index contributed by atoms with van der Waals surface area (Å²) < 4.78 is 0. The fourth-order valence-corrected chi connectivity index (χ4v) is 2.74. The Labute approximate surface area is 139 Å². The summed E-state index contributed by atoms with van der Waals surface area (Å²) in [6.07, 6.45) is 0.573. The van der Waals surface area contributed by atoms with E-state index < -0.39 is 12.1 Å². The number of amides is 3.